The van der Waals surface area contributed by atoms with Crippen molar-refractivity contribution in [2.75, 3.05) is 0 Å². The van der Waals surface area contributed by atoms with E-state index in [0.717, 1.165) is 5.56 Å². The van der Waals surface area contributed by atoms with E-state index in [1.165, 1.54) is 11.8 Å². The van der Waals surface area contributed by atoms with E-state index in [2.05, 4.69) is 0 Å². The van der Waals surface area contributed by atoms with Crippen molar-refractivity contribution in [1.82, 2.24) is 9.47 Å². The number of rotatable bonds is 5. The smallest absolute Gasteiger partial charge is 0.326 e. The number of carbonyl (C=O) groups excluding carboxylic acids is 1. The van der Waals surface area contributed by atoms with Gasteiger partial charge in [-0.25, -0.2) is 4.79 Å². The molecule has 1 N–H and O–H groups in total. The SMILES string of the molecule is CC(C(=O)O)N(Cc1ccccc1)C(=O)c1cccn1C. The van der Waals surface area contributed by atoms with E-state index in [0.29, 0.717) is 5.69 Å². The van der Waals surface area contributed by atoms with E-state index in [1.54, 1.807) is 29.9 Å². The zero-order valence-corrected chi connectivity index (χ0v) is 12.1. The van der Waals surface area contributed by atoms with E-state index in [4.69, 9.17) is 0 Å². The Morgan fingerprint density at radius 3 is 2.38 bits per heavy atom. The summed E-state index contributed by atoms with van der Waals surface area (Å²) < 4.78 is 1.69. The van der Waals surface area contributed by atoms with Crippen LogP contribution in [0.4, 0.5) is 0 Å². The van der Waals surface area contributed by atoms with Crippen LogP contribution < -0.4 is 0 Å². The van der Waals surface area contributed by atoms with Crippen molar-refractivity contribution in [1.29, 1.82) is 0 Å². The third kappa shape index (κ3) is 3.31. The Kier molecular flexibility index (Phi) is 4.42. The molecule has 5 nitrogen and oxygen atoms in total. The molecular weight excluding hydrogens is 268 g/mol. The average Bonchev–Trinajstić information content (AvgIpc) is 2.90. The quantitative estimate of drug-likeness (QED) is 0.916. The third-order valence-electron chi connectivity index (χ3n) is 3.44. The fourth-order valence-electron chi connectivity index (χ4n) is 2.13. The minimum atomic E-state index is -1.02. The van der Waals surface area contributed by atoms with Gasteiger partial charge in [-0.3, -0.25) is 4.79 Å². The largest absolute Gasteiger partial charge is 0.480 e. The summed E-state index contributed by atoms with van der Waals surface area (Å²) in [7, 11) is 1.76. The van der Waals surface area contributed by atoms with E-state index in [-0.39, 0.29) is 12.5 Å². The van der Waals surface area contributed by atoms with Crippen molar-refractivity contribution in [3.05, 3.63) is 59.9 Å². The molecule has 21 heavy (non-hydrogen) atoms. The lowest BCUT2D eigenvalue weighted by molar-refractivity contribution is -0.141. The van der Waals surface area contributed by atoms with Gasteiger partial charge < -0.3 is 14.6 Å². The van der Waals surface area contributed by atoms with Crippen LogP contribution in [-0.4, -0.2) is 32.5 Å². The maximum atomic E-state index is 12.6. The Morgan fingerprint density at radius 1 is 1.19 bits per heavy atom. The van der Waals surface area contributed by atoms with Crippen LogP contribution in [0.2, 0.25) is 0 Å². The number of amides is 1. The lowest BCUT2D eigenvalue weighted by Crippen LogP contribution is -2.43. The molecule has 1 atom stereocenters. The van der Waals surface area contributed by atoms with Gasteiger partial charge in [0.2, 0.25) is 0 Å². The van der Waals surface area contributed by atoms with Crippen LogP contribution in [-0.2, 0) is 18.4 Å². The Balaban J connectivity index is 2.30. The van der Waals surface area contributed by atoms with E-state index in [9.17, 15) is 14.7 Å². The van der Waals surface area contributed by atoms with Gasteiger partial charge in [0.25, 0.3) is 5.91 Å². The first-order valence-corrected chi connectivity index (χ1v) is 6.69. The van der Waals surface area contributed by atoms with Crippen LogP contribution in [0.1, 0.15) is 23.0 Å². The molecule has 0 spiro atoms. The van der Waals surface area contributed by atoms with Crippen molar-refractivity contribution >= 4 is 11.9 Å². The molecule has 0 aliphatic heterocycles. The van der Waals surface area contributed by atoms with Gasteiger partial charge in [-0.2, -0.15) is 0 Å². The first kappa shape index (κ1) is 14.8. The maximum Gasteiger partial charge on any atom is 0.326 e. The van der Waals surface area contributed by atoms with Crippen LogP contribution in [0.15, 0.2) is 48.7 Å². The number of carboxylic acids is 1. The first-order valence-electron chi connectivity index (χ1n) is 6.69. The van der Waals surface area contributed by atoms with Crippen molar-refractivity contribution < 1.29 is 14.7 Å². The lowest BCUT2D eigenvalue weighted by atomic mass is 10.1. The Labute approximate surface area is 123 Å². The highest BCUT2D eigenvalue weighted by atomic mass is 16.4. The van der Waals surface area contributed by atoms with Crippen molar-refractivity contribution in [2.45, 2.75) is 19.5 Å². The van der Waals surface area contributed by atoms with E-state index < -0.39 is 12.0 Å². The first-order chi connectivity index (χ1) is 10.0. The molecule has 0 saturated heterocycles. The van der Waals surface area contributed by atoms with Crippen molar-refractivity contribution in [2.24, 2.45) is 7.05 Å². The molecule has 110 valence electrons. The minimum absolute atomic E-state index is 0.262. The van der Waals surface area contributed by atoms with Crippen LogP contribution >= 0.6 is 0 Å². The summed E-state index contributed by atoms with van der Waals surface area (Å²) in [5.41, 5.74) is 1.37. The Hall–Kier alpha value is -2.56. The summed E-state index contributed by atoms with van der Waals surface area (Å²) in [6, 6.07) is 11.9. The summed E-state index contributed by atoms with van der Waals surface area (Å²) in [4.78, 5) is 25.3. The molecule has 0 aliphatic carbocycles. The van der Waals surface area contributed by atoms with Gasteiger partial charge in [-0.1, -0.05) is 30.3 Å². The molecule has 1 unspecified atom stereocenters. The summed E-state index contributed by atoms with van der Waals surface area (Å²) >= 11 is 0. The van der Waals surface area contributed by atoms with Crippen LogP contribution in [0, 0.1) is 0 Å². The molecule has 0 aliphatic rings. The van der Waals surface area contributed by atoms with Crippen LogP contribution in [0.3, 0.4) is 0 Å². The van der Waals surface area contributed by atoms with Crippen LogP contribution in [0.25, 0.3) is 0 Å². The number of aliphatic carboxylic acids is 1. The molecule has 1 aromatic carbocycles. The predicted octanol–water partition coefficient (Wildman–Crippen LogP) is 2.14. The topological polar surface area (TPSA) is 62.5 Å². The molecule has 1 heterocycles. The molecule has 1 amide bonds. The van der Waals surface area contributed by atoms with Crippen LogP contribution in [0.5, 0.6) is 0 Å². The van der Waals surface area contributed by atoms with Gasteiger partial charge in [-0.15, -0.1) is 0 Å². The number of aromatic nitrogens is 1. The fraction of sp³-hybridized carbons (Fsp3) is 0.250. The van der Waals surface area contributed by atoms with Crippen molar-refractivity contribution in [3.8, 4) is 0 Å². The Bertz CT molecular complexity index is 634. The second kappa shape index (κ2) is 6.26. The molecule has 0 fully saturated rings. The van der Waals surface area contributed by atoms with E-state index in [1.807, 2.05) is 30.3 Å². The van der Waals surface area contributed by atoms with Gasteiger partial charge in [0.1, 0.15) is 11.7 Å². The third-order valence-corrected chi connectivity index (χ3v) is 3.44. The highest BCUT2D eigenvalue weighted by Gasteiger charge is 2.27. The van der Waals surface area contributed by atoms with E-state index >= 15 is 0 Å². The molecule has 2 aromatic rings. The molecule has 5 heteroatoms. The monoisotopic (exact) mass is 286 g/mol. The number of hydrogen-bond acceptors (Lipinski definition) is 2. The fourth-order valence-corrected chi connectivity index (χ4v) is 2.13. The summed E-state index contributed by atoms with van der Waals surface area (Å²) in [6.07, 6.45) is 1.76. The lowest BCUT2D eigenvalue weighted by Gasteiger charge is -2.26. The zero-order chi connectivity index (χ0) is 15.4. The van der Waals surface area contributed by atoms with Gasteiger partial charge >= 0.3 is 5.97 Å². The number of carboxylic acid groups (broad SMARTS) is 1. The Morgan fingerprint density at radius 2 is 1.86 bits per heavy atom. The molecule has 0 saturated carbocycles. The normalized spacial score (nSPS) is 11.9. The maximum absolute atomic E-state index is 12.6. The van der Waals surface area contributed by atoms with Gasteiger partial charge in [0.15, 0.2) is 0 Å². The van der Waals surface area contributed by atoms with Crippen molar-refractivity contribution in [3.63, 3.8) is 0 Å². The molecular formula is C16H18N2O3. The highest BCUT2D eigenvalue weighted by molar-refractivity contribution is 5.95. The van der Waals surface area contributed by atoms with Gasteiger partial charge in [0.05, 0.1) is 0 Å². The standard InChI is InChI=1S/C16H18N2O3/c1-12(16(20)21)18(11-13-7-4-3-5-8-13)15(19)14-9-6-10-17(14)2/h3-10,12H,11H2,1-2H3,(H,20,21). The summed E-state index contributed by atoms with van der Waals surface area (Å²) in [5.74, 6) is -1.31. The number of nitrogens with zero attached hydrogens (tertiary/aromatic N) is 2. The van der Waals surface area contributed by atoms with Gasteiger partial charge in [0, 0.05) is 19.8 Å². The minimum Gasteiger partial charge on any atom is -0.480 e. The molecule has 0 radical (unpaired) electrons. The summed E-state index contributed by atoms with van der Waals surface area (Å²) in [6.45, 7) is 1.78. The highest BCUT2D eigenvalue weighted by Crippen LogP contribution is 2.14. The average molecular weight is 286 g/mol. The second-order valence-electron chi connectivity index (χ2n) is 4.94. The number of hydrogen-bond donors (Lipinski definition) is 1. The predicted molar refractivity (Wildman–Crippen MR) is 78.8 cm³/mol. The van der Waals surface area contributed by atoms with Gasteiger partial charge in [-0.05, 0) is 24.6 Å². The summed E-state index contributed by atoms with van der Waals surface area (Å²) in [5, 5.41) is 9.25. The number of carbonyl (C=O) groups is 2. The molecule has 2 rings (SSSR count). The second-order valence-corrected chi connectivity index (χ2v) is 4.94. The number of aryl methyl sites for hydroxylation is 1. The molecule has 1 aromatic heterocycles. The molecule has 0 bridgehead atoms. The zero-order valence-electron chi connectivity index (χ0n) is 12.1. The number of benzene rings is 1.